The number of aromatic amines is 1. The molecule has 3 heterocycles. The largest absolute Gasteiger partial charge is 0.345 e. The number of fused-ring (bicyclic) bond motifs is 1. The van der Waals surface area contributed by atoms with Crippen molar-refractivity contribution in [3.63, 3.8) is 0 Å². The van der Waals surface area contributed by atoms with Gasteiger partial charge in [-0.05, 0) is 12.8 Å². The van der Waals surface area contributed by atoms with Gasteiger partial charge in [-0.1, -0.05) is 11.6 Å². The van der Waals surface area contributed by atoms with E-state index < -0.39 is 0 Å². The van der Waals surface area contributed by atoms with E-state index in [2.05, 4.69) is 20.2 Å². The van der Waals surface area contributed by atoms with Crippen molar-refractivity contribution in [3.05, 3.63) is 28.5 Å². The van der Waals surface area contributed by atoms with Gasteiger partial charge < -0.3 is 9.51 Å². The van der Waals surface area contributed by atoms with Crippen LogP contribution in [0.5, 0.6) is 0 Å². The second-order valence-electron chi connectivity index (χ2n) is 5.15. The molecule has 0 saturated heterocycles. The Kier molecular flexibility index (Phi) is 2.29. The van der Waals surface area contributed by atoms with Gasteiger partial charge in [0.05, 0.1) is 17.1 Å². The summed E-state index contributed by atoms with van der Waals surface area (Å²) < 4.78 is 6.88. The Morgan fingerprint density at radius 2 is 2.30 bits per heavy atom. The normalized spacial score (nSPS) is 15.7. The molecule has 1 saturated carbocycles. The lowest BCUT2D eigenvalue weighted by molar-refractivity contribution is 0.292. The highest BCUT2D eigenvalue weighted by Gasteiger charge is 2.26. The van der Waals surface area contributed by atoms with Crippen molar-refractivity contribution in [1.82, 2.24) is 24.9 Å². The Bertz CT molecular complexity index is 840. The van der Waals surface area contributed by atoms with Gasteiger partial charge in [-0.25, -0.2) is 0 Å². The second kappa shape index (κ2) is 4.03. The van der Waals surface area contributed by atoms with Crippen LogP contribution in [0.1, 0.15) is 31.1 Å². The molecule has 0 bridgehead atoms. The molecule has 7 nitrogen and oxygen atoms in total. The first-order valence-electron chi connectivity index (χ1n) is 6.61. The first-order chi connectivity index (χ1) is 9.74. The number of rotatable bonds is 2. The molecule has 1 N–H and O–H groups in total. The number of H-pyrrole nitrogens is 1. The predicted molar refractivity (Wildman–Crippen MR) is 71.2 cm³/mol. The summed E-state index contributed by atoms with van der Waals surface area (Å²) in [7, 11) is 1.78. The van der Waals surface area contributed by atoms with Crippen LogP contribution in [-0.4, -0.2) is 24.9 Å². The molecule has 0 spiro atoms. The Balaban J connectivity index is 1.83. The van der Waals surface area contributed by atoms with Gasteiger partial charge in [0, 0.05) is 19.2 Å². The molecule has 0 atom stereocenters. The monoisotopic (exact) mass is 271 g/mol. The van der Waals surface area contributed by atoms with Crippen LogP contribution in [0, 0.1) is 0 Å². The third kappa shape index (κ3) is 1.52. The van der Waals surface area contributed by atoms with Crippen LogP contribution in [0.15, 0.2) is 21.7 Å². The number of nitrogens with zero attached hydrogens (tertiary/aromatic N) is 4. The van der Waals surface area contributed by atoms with Crippen LogP contribution in [0.4, 0.5) is 0 Å². The minimum absolute atomic E-state index is 0.132. The lowest BCUT2D eigenvalue weighted by Crippen LogP contribution is -2.10. The zero-order valence-electron chi connectivity index (χ0n) is 11.0. The van der Waals surface area contributed by atoms with Crippen molar-refractivity contribution in [2.24, 2.45) is 7.05 Å². The van der Waals surface area contributed by atoms with E-state index >= 15 is 0 Å². The highest BCUT2D eigenvalue weighted by atomic mass is 16.5. The van der Waals surface area contributed by atoms with Crippen LogP contribution >= 0.6 is 0 Å². The topological polar surface area (TPSA) is 89.6 Å². The maximum Gasteiger partial charge on any atom is 0.230 e. The number of aryl methyl sites for hydroxylation is 1. The zero-order valence-corrected chi connectivity index (χ0v) is 11.0. The lowest BCUT2D eigenvalue weighted by atomic mass is 9.85. The lowest BCUT2D eigenvalue weighted by Gasteiger charge is -2.20. The molecule has 0 radical (unpaired) electrons. The molecule has 20 heavy (non-hydrogen) atoms. The summed E-state index contributed by atoms with van der Waals surface area (Å²) in [6.07, 6.45) is 6.52. The SMILES string of the molecule is Cn1ncc2c(=O)c(-c3noc(C4CCC4)n3)c[nH]c21. The number of aromatic nitrogens is 5. The minimum atomic E-state index is -0.132. The maximum absolute atomic E-state index is 12.4. The quantitative estimate of drug-likeness (QED) is 0.764. The van der Waals surface area contributed by atoms with Gasteiger partial charge in [0.1, 0.15) is 5.65 Å². The van der Waals surface area contributed by atoms with Crippen LogP contribution in [0.3, 0.4) is 0 Å². The van der Waals surface area contributed by atoms with Gasteiger partial charge in [0.2, 0.25) is 17.1 Å². The van der Waals surface area contributed by atoms with Crippen molar-refractivity contribution in [1.29, 1.82) is 0 Å². The van der Waals surface area contributed by atoms with Crippen molar-refractivity contribution < 1.29 is 4.52 Å². The second-order valence-corrected chi connectivity index (χ2v) is 5.15. The summed E-state index contributed by atoms with van der Waals surface area (Å²) in [6, 6.07) is 0. The van der Waals surface area contributed by atoms with Gasteiger partial charge in [0.25, 0.3) is 0 Å². The molecule has 4 rings (SSSR count). The van der Waals surface area contributed by atoms with E-state index in [1.807, 2.05) is 0 Å². The third-order valence-corrected chi connectivity index (χ3v) is 3.92. The van der Waals surface area contributed by atoms with Gasteiger partial charge in [-0.2, -0.15) is 10.1 Å². The van der Waals surface area contributed by atoms with E-state index in [0.29, 0.717) is 34.2 Å². The summed E-state index contributed by atoms with van der Waals surface area (Å²) in [5, 5.41) is 8.53. The van der Waals surface area contributed by atoms with Crippen molar-refractivity contribution in [2.45, 2.75) is 25.2 Å². The molecule has 0 unspecified atom stereocenters. The Hall–Kier alpha value is -2.44. The molecule has 1 aliphatic carbocycles. The summed E-state index contributed by atoms with van der Waals surface area (Å²) in [4.78, 5) is 19.8. The highest BCUT2D eigenvalue weighted by molar-refractivity contribution is 5.78. The summed E-state index contributed by atoms with van der Waals surface area (Å²) in [5.74, 6) is 1.34. The fourth-order valence-corrected chi connectivity index (χ4v) is 2.46. The molecule has 0 aliphatic heterocycles. The van der Waals surface area contributed by atoms with E-state index in [0.717, 1.165) is 12.8 Å². The Labute approximate surface area is 113 Å². The van der Waals surface area contributed by atoms with Crippen molar-refractivity contribution >= 4 is 11.0 Å². The smallest absolute Gasteiger partial charge is 0.230 e. The molecule has 1 aliphatic rings. The van der Waals surface area contributed by atoms with Crippen LogP contribution in [0.2, 0.25) is 0 Å². The highest BCUT2D eigenvalue weighted by Crippen LogP contribution is 2.35. The molecular weight excluding hydrogens is 258 g/mol. The Morgan fingerprint density at radius 1 is 1.45 bits per heavy atom. The average molecular weight is 271 g/mol. The number of hydrogen-bond donors (Lipinski definition) is 1. The van der Waals surface area contributed by atoms with Crippen LogP contribution in [-0.2, 0) is 7.05 Å². The molecular formula is C13H13N5O2. The molecule has 102 valence electrons. The third-order valence-electron chi connectivity index (χ3n) is 3.92. The van der Waals surface area contributed by atoms with Gasteiger partial charge in [-0.15, -0.1) is 0 Å². The first-order valence-corrected chi connectivity index (χ1v) is 6.61. The maximum atomic E-state index is 12.4. The van der Waals surface area contributed by atoms with E-state index in [9.17, 15) is 4.79 Å². The average Bonchev–Trinajstić information content (AvgIpc) is 2.97. The molecule has 0 amide bonds. The zero-order chi connectivity index (χ0) is 13.7. The molecule has 7 heteroatoms. The van der Waals surface area contributed by atoms with Gasteiger partial charge >= 0.3 is 0 Å². The fourth-order valence-electron chi connectivity index (χ4n) is 2.46. The van der Waals surface area contributed by atoms with Crippen molar-refractivity contribution in [3.8, 4) is 11.4 Å². The number of nitrogens with one attached hydrogen (secondary N) is 1. The van der Waals surface area contributed by atoms with Crippen molar-refractivity contribution in [2.75, 3.05) is 0 Å². The molecule has 3 aromatic heterocycles. The molecule has 1 fully saturated rings. The molecule has 3 aromatic rings. The summed E-state index contributed by atoms with van der Waals surface area (Å²) in [5.41, 5.74) is 0.967. The van der Waals surface area contributed by atoms with E-state index in [4.69, 9.17) is 4.52 Å². The van der Waals surface area contributed by atoms with Crippen LogP contribution < -0.4 is 5.43 Å². The van der Waals surface area contributed by atoms with E-state index in [-0.39, 0.29) is 5.43 Å². The fraction of sp³-hybridized carbons (Fsp3) is 0.385. The van der Waals surface area contributed by atoms with E-state index in [1.165, 1.54) is 6.42 Å². The number of hydrogen-bond acceptors (Lipinski definition) is 5. The summed E-state index contributed by atoms with van der Waals surface area (Å²) >= 11 is 0. The number of pyridine rings is 1. The Morgan fingerprint density at radius 3 is 3.05 bits per heavy atom. The van der Waals surface area contributed by atoms with Gasteiger partial charge in [-0.3, -0.25) is 9.48 Å². The van der Waals surface area contributed by atoms with Crippen LogP contribution in [0.25, 0.3) is 22.4 Å². The predicted octanol–water partition coefficient (Wildman–Crippen LogP) is 1.58. The standard InChI is InChI=1S/C13H13N5O2/c1-18-12-9(6-15-18)10(19)8(5-14-12)11-16-13(20-17-11)7-3-2-4-7/h5-7H,2-4H2,1H3,(H,14,19). The minimum Gasteiger partial charge on any atom is -0.345 e. The van der Waals surface area contributed by atoms with Gasteiger partial charge in [0.15, 0.2) is 0 Å². The first kappa shape index (κ1) is 11.4. The molecule has 0 aromatic carbocycles. The summed E-state index contributed by atoms with van der Waals surface area (Å²) in [6.45, 7) is 0. The van der Waals surface area contributed by atoms with E-state index in [1.54, 1.807) is 24.1 Å².